The highest BCUT2D eigenvalue weighted by Crippen LogP contribution is 2.23. The van der Waals surface area contributed by atoms with Gasteiger partial charge in [0.15, 0.2) is 6.29 Å². The minimum atomic E-state index is -1.58. The van der Waals surface area contributed by atoms with Crippen molar-refractivity contribution in [3.05, 3.63) is 72.9 Å². The van der Waals surface area contributed by atoms with E-state index in [1.165, 1.54) is 212 Å². The van der Waals surface area contributed by atoms with Gasteiger partial charge < -0.3 is 40.3 Å². The van der Waals surface area contributed by atoms with Gasteiger partial charge in [-0.25, -0.2) is 0 Å². The van der Waals surface area contributed by atoms with Crippen molar-refractivity contribution in [2.24, 2.45) is 0 Å². The number of aliphatic hydroxyl groups is 5. The highest BCUT2D eigenvalue weighted by molar-refractivity contribution is 5.76. The van der Waals surface area contributed by atoms with E-state index in [0.717, 1.165) is 70.6 Å². The summed E-state index contributed by atoms with van der Waals surface area (Å²) in [7, 11) is 0. The number of unbranched alkanes of at least 4 members (excludes halogenated alkanes) is 37. The van der Waals surface area contributed by atoms with Gasteiger partial charge in [-0.3, -0.25) is 4.79 Å². The van der Waals surface area contributed by atoms with Gasteiger partial charge in [0.1, 0.15) is 24.4 Å². The average molecular weight is 1100 g/mol. The third-order valence-corrected chi connectivity index (χ3v) is 15.5. The molecule has 0 aliphatic carbocycles. The average Bonchev–Trinajstić information content (AvgIpc) is 3.45. The van der Waals surface area contributed by atoms with E-state index >= 15 is 0 Å². The zero-order chi connectivity index (χ0) is 56.5. The first-order chi connectivity index (χ1) is 38.3. The van der Waals surface area contributed by atoms with Crippen LogP contribution in [0.15, 0.2) is 72.9 Å². The second-order valence-corrected chi connectivity index (χ2v) is 22.9. The highest BCUT2D eigenvalue weighted by atomic mass is 16.7. The van der Waals surface area contributed by atoms with E-state index in [1.807, 2.05) is 6.08 Å². The topological polar surface area (TPSA) is 149 Å². The largest absolute Gasteiger partial charge is 0.394 e. The molecule has 0 aromatic carbocycles. The van der Waals surface area contributed by atoms with Crippen LogP contribution in [0.5, 0.6) is 0 Å². The van der Waals surface area contributed by atoms with Crippen LogP contribution in [-0.4, -0.2) is 87.5 Å². The maximum Gasteiger partial charge on any atom is 0.220 e. The normalized spacial score (nSPS) is 19.1. The molecule has 0 radical (unpaired) electrons. The lowest BCUT2D eigenvalue weighted by atomic mass is 9.99. The first kappa shape index (κ1) is 73.6. The maximum atomic E-state index is 13.1. The van der Waals surface area contributed by atoms with Gasteiger partial charge in [-0.05, 0) is 83.5 Å². The van der Waals surface area contributed by atoms with Gasteiger partial charge in [-0.2, -0.15) is 0 Å². The van der Waals surface area contributed by atoms with Crippen LogP contribution in [0.3, 0.4) is 0 Å². The Labute approximate surface area is 480 Å². The summed E-state index contributed by atoms with van der Waals surface area (Å²) in [5, 5.41) is 54.6. The molecule has 78 heavy (non-hydrogen) atoms. The van der Waals surface area contributed by atoms with E-state index in [-0.39, 0.29) is 12.5 Å². The number of allylic oxidation sites excluding steroid dienone is 11. The van der Waals surface area contributed by atoms with Gasteiger partial charge in [0, 0.05) is 6.42 Å². The smallest absolute Gasteiger partial charge is 0.220 e. The fraction of sp³-hybridized carbons (Fsp3) is 0.812. The molecule has 7 atom stereocenters. The number of carbonyl (C=O) groups excluding carboxylic acids is 1. The van der Waals surface area contributed by atoms with Gasteiger partial charge >= 0.3 is 0 Å². The van der Waals surface area contributed by atoms with Crippen LogP contribution in [0, 0.1) is 0 Å². The molecule has 6 N–H and O–H groups in total. The standard InChI is InChI=1S/C69H125NO8/c1-3-5-7-9-11-13-15-17-19-21-23-25-27-28-29-30-31-32-33-34-35-37-38-40-42-44-46-48-50-52-54-56-58-63(72)62(61-77-69-68(76)67(75)66(74)64(60-71)78-69)70-65(73)59-57-55-53-51-49-47-45-43-41-39-36-26-24-22-20-18-16-14-12-10-8-6-4-2/h16,18,22,24,36,39-40,42,48,50,56,58,62-64,66-69,71-72,74-76H,3-15,17,19-21,23,25-35,37-38,41,43-47,49,51-55,57,59-61H2,1-2H3,(H,70,73)/b18-16-,24-22-,39-36-,42-40+,50-48+,58-56+. The van der Waals surface area contributed by atoms with Crippen molar-refractivity contribution >= 4 is 5.91 Å². The minimum Gasteiger partial charge on any atom is -0.394 e. The summed E-state index contributed by atoms with van der Waals surface area (Å²) in [5.74, 6) is -0.197. The molecule has 1 saturated heterocycles. The molecule has 9 heteroatoms. The molecule has 454 valence electrons. The fourth-order valence-electron chi connectivity index (χ4n) is 10.3. The van der Waals surface area contributed by atoms with Gasteiger partial charge in [0.05, 0.1) is 25.4 Å². The van der Waals surface area contributed by atoms with Crippen LogP contribution >= 0.6 is 0 Å². The molecule has 1 rings (SSSR count). The number of ether oxygens (including phenoxy) is 2. The van der Waals surface area contributed by atoms with E-state index in [4.69, 9.17) is 9.47 Å². The first-order valence-electron chi connectivity index (χ1n) is 33.2. The Morgan fingerprint density at radius 2 is 0.769 bits per heavy atom. The molecular formula is C69H125NO8. The molecule has 1 amide bonds. The molecule has 1 aliphatic heterocycles. The molecule has 0 saturated carbocycles. The molecular weight excluding hydrogens is 971 g/mol. The zero-order valence-corrected chi connectivity index (χ0v) is 50.7. The second-order valence-electron chi connectivity index (χ2n) is 22.9. The Balaban J connectivity index is 2.20. The fourth-order valence-corrected chi connectivity index (χ4v) is 10.3. The Bertz CT molecular complexity index is 1460. The number of hydrogen-bond acceptors (Lipinski definition) is 8. The van der Waals surface area contributed by atoms with E-state index < -0.39 is 49.5 Å². The molecule has 9 nitrogen and oxygen atoms in total. The Morgan fingerprint density at radius 3 is 1.17 bits per heavy atom. The van der Waals surface area contributed by atoms with Crippen LogP contribution in [-0.2, 0) is 14.3 Å². The number of carbonyl (C=O) groups is 1. The van der Waals surface area contributed by atoms with E-state index in [1.54, 1.807) is 6.08 Å². The summed E-state index contributed by atoms with van der Waals surface area (Å²) >= 11 is 0. The monoisotopic (exact) mass is 1100 g/mol. The lowest BCUT2D eigenvalue weighted by Gasteiger charge is -2.40. The van der Waals surface area contributed by atoms with Gasteiger partial charge in [0.25, 0.3) is 0 Å². The van der Waals surface area contributed by atoms with E-state index in [2.05, 4.69) is 79.9 Å². The predicted molar refractivity (Wildman–Crippen MR) is 332 cm³/mol. The lowest BCUT2D eigenvalue weighted by Crippen LogP contribution is -2.60. The third kappa shape index (κ3) is 46.3. The SMILES string of the molecule is CCCCCCC/C=C\C/C=C\C/C=C\CCCCCCCCCCC(=O)NC(COC1OC(CO)C(O)C(O)C1O)C(O)/C=C/CC/C=C/CC/C=C/CCCCCCCCCCCCCCCCCCCCCCCC. The van der Waals surface area contributed by atoms with Crippen LogP contribution in [0.2, 0.25) is 0 Å². The molecule has 0 aromatic rings. The third-order valence-electron chi connectivity index (χ3n) is 15.5. The van der Waals surface area contributed by atoms with Crippen LogP contribution in [0.4, 0.5) is 0 Å². The number of amides is 1. The molecule has 0 spiro atoms. The van der Waals surface area contributed by atoms with Crippen molar-refractivity contribution in [3.8, 4) is 0 Å². The number of rotatable bonds is 57. The molecule has 0 bridgehead atoms. The lowest BCUT2D eigenvalue weighted by molar-refractivity contribution is -0.302. The molecule has 7 unspecified atom stereocenters. The Morgan fingerprint density at radius 1 is 0.436 bits per heavy atom. The van der Waals surface area contributed by atoms with Crippen molar-refractivity contribution in [3.63, 3.8) is 0 Å². The zero-order valence-electron chi connectivity index (χ0n) is 50.7. The second kappa shape index (κ2) is 57.8. The molecule has 0 aromatic heterocycles. The first-order valence-corrected chi connectivity index (χ1v) is 33.2. The van der Waals surface area contributed by atoms with Gasteiger partial charge in [-0.1, -0.05) is 286 Å². The van der Waals surface area contributed by atoms with Crippen molar-refractivity contribution in [2.45, 2.75) is 346 Å². The molecule has 1 heterocycles. The maximum absolute atomic E-state index is 13.1. The Kier molecular flexibility index (Phi) is 54.6. The molecule has 1 fully saturated rings. The van der Waals surface area contributed by atoms with Crippen LogP contribution in [0.25, 0.3) is 0 Å². The summed E-state index contributed by atoms with van der Waals surface area (Å²) in [6, 6.07) is -0.838. The minimum absolute atomic E-state index is 0.197. The van der Waals surface area contributed by atoms with E-state index in [9.17, 15) is 30.3 Å². The summed E-state index contributed by atoms with van der Waals surface area (Å²) < 4.78 is 11.3. The quantitative estimate of drug-likeness (QED) is 0.0261. The Hall–Kier alpha value is -2.37. The van der Waals surface area contributed by atoms with Crippen molar-refractivity contribution in [2.75, 3.05) is 13.2 Å². The summed E-state index contributed by atoms with van der Waals surface area (Å²) in [5.41, 5.74) is 0. The number of hydrogen-bond donors (Lipinski definition) is 6. The van der Waals surface area contributed by atoms with Gasteiger partial charge in [0.2, 0.25) is 5.91 Å². The number of nitrogens with one attached hydrogen (secondary N) is 1. The van der Waals surface area contributed by atoms with E-state index in [0.29, 0.717) is 6.42 Å². The number of aliphatic hydroxyl groups excluding tert-OH is 5. The van der Waals surface area contributed by atoms with Crippen LogP contribution in [0.1, 0.15) is 303 Å². The summed E-state index contributed by atoms with van der Waals surface area (Å²) in [6.07, 6.45) is 74.3. The summed E-state index contributed by atoms with van der Waals surface area (Å²) in [4.78, 5) is 13.1. The highest BCUT2D eigenvalue weighted by Gasteiger charge is 2.44. The van der Waals surface area contributed by atoms with Gasteiger partial charge in [-0.15, -0.1) is 0 Å². The molecule has 1 aliphatic rings. The predicted octanol–water partition coefficient (Wildman–Crippen LogP) is 17.6. The summed E-state index contributed by atoms with van der Waals surface area (Å²) in [6.45, 7) is 3.77. The van der Waals surface area contributed by atoms with Crippen molar-refractivity contribution in [1.82, 2.24) is 5.32 Å². The van der Waals surface area contributed by atoms with Crippen LogP contribution < -0.4 is 5.32 Å². The van der Waals surface area contributed by atoms with Crippen molar-refractivity contribution in [1.29, 1.82) is 0 Å². The van der Waals surface area contributed by atoms with Crippen molar-refractivity contribution < 1.29 is 39.8 Å².